The predicted octanol–water partition coefficient (Wildman–Crippen LogP) is 3.05. The molecule has 0 radical (unpaired) electrons. The van der Waals surface area contributed by atoms with Crippen molar-refractivity contribution in [1.82, 2.24) is 19.5 Å². The third-order valence-electron chi connectivity index (χ3n) is 4.10. The van der Waals surface area contributed by atoms with Crippen molar-refractivity contribution in [3.8, 4) is 0 Å². The molecule has 2 aromatic rings. The first-order valence-corrected chi connectivity index (χ1v) is 7.74. The summed E-state index contributed by atoms with van der Waals surface area (Å²) in [6, 6.07) is 4.33. The zero-order chi connectivity index (χ0) is 14.1. The van der Waals surface area contributed by atoms with Crippen molar-refractivity contribution in [3.63, 3.8) is 0 Å². The number of rotatable bonds is 3. The number of hydrogen-bond acceptors (Lipinski definition) is 3. The van der Waals surface area contributed by atoms with Crippen LogP contribution >= 0.6 is 11.6 Å². The molecule has 0 aliphatic carbocycles. The van der Waals surface area contributed by atoms with E-state index in [4.69, 9.17) is 11.6 Å². The van der Waals surface area contributed by atoms with E-state index in [0.29, 0.717) is 17.0 Å². The van der Waals surface area contributed by atoms with Crippen LogP contribution in [0.3, 0.4) is 0 Å². The van der Waals surface area contributed by atoms with E-state index in [0.717, 1.165) is 24.4 Å². The molecule has 1 aliphatic heterocycles. The standard InChI is InChI=1S/C15H21ClN4/c1-11(2)19-6-3-4-12(10-19)8-14-17-15-9-13(16)5-7-20(15)18-14/h5,7,9,11-12H,3-4,6,8,10H2,1-2H3. The van der Waals surface area contributed by atoms with Crippen molar-refractivity contribution in [2.75, 3.05) is 13.1 Å². The summed E-state index contributed by atoms with van der Waals surface area (Å²) in [5, 5.41) is 5.25. The normalized spacial score (nSPS) is 20.9. The van der Waals surface area contributed by atoms with Gasteiger partial charge in [-0.05, 0) is 45.2 Å². The van der Waals surface area contributed by atoms with Gasteiger partial charge in [0.2, 0.25) is 0 Å². The first-order chi connectivity index (χ1) is 9.61. The van der Waals surface area contributed by atoms with Gasteiger partial charge in [0.15, 0.2) is 11.5 Å². The maximum atomic E-state index is 5.99. The van der Waals surface area contributed by atoms with Gasteiger partial charge in [-0.15, -0.1) is 0 Å². The molecule has 0 saturated carbocycles. The summed E-state index contributed by atoms with van der Waals surface area (Å²) in [4.78, 5) is 7.14. The van der Waals surface area contributed by atoms with Gasteiger partial charge in [-0.25, -0.2) is 9.50 Å². The molecule has 1 saturated heterocycles. The average molecular weight is 293 g/mol. The Morgan fingerprint density at radius 1 is 1.45 bits per heavy atom. The van der Waals surface area contributed by atoms with E-state index in [1.807, 2.05) is 22.8 Å². The minimum atomic E-state index is 0.630. The Balaban J connectivity index is 1.72. The molecule has 0 N–H and O–H groups in total. The molecule has 108 valence electrons. The number of likely N-dealkylation sites (tertiary alicyclic amines) is 1. The SMILES string of the molecule is CC(C)N1CCCC(Cc2nc3cc(Cl)ccn3n2)C1. The lowest BCUT2D eigenvalue weighted by Crippen LogP contribution is -2.40. The maximum Gasteiger partial charge on any atom is 0.157 e. The van der Waals surface area contributed by atoms with Gasteiger partial charge in [0.25, 0.3) is 0 Å². The second-order valence-corrected chi connectivity index (χ2v) is 6.41. The van der Waals surface area contributed by atoms with Gasteiger partial charge >= 0.3 is 0 Å². The molecule has 1 aliphatic rings. The highest BCUT2D eigenvalue weighted by Gasteiger charge is 2.23. The van der Waals surface area contributed by atoms with Crippen molar-refractivity contribution in [3.05, 3.63) is 29.2 Å². The molecular formula is C15H21ClN4. The van der Waals surface area contributed by atoms with E-state index in [9.17, 15) is 0 Å². The topological polar surface area (TPSA) is 33.4 Å². The van der Waals surface area contributed by atoms with Crippen LogP contribution in [0.1, 0.15) is 32.5 Å². The fourth-order valence-electron chi connectivity index (χ4n) is 2.98. The summed E-state index contributed by atoms with van der Waals surface area (Å²) in [7, 11) is 0. The van der Waals surface area contributed by atoms with Gasteiger partial charge < -0.3 is 4.90 Å². The monoisotopic (exact) mass is 292 g/mol. The number of aromatic nitrogens is 3. The minimum absolute atomic E-state index is 0.630. The average Bonchev–Trinajstić information content (AvgIpc) is 2.80. The number of halogens is 1. The fraction of sp³-hybridized carbons (Fsp3) is 0.600. The maximum absolute atomic E-state index is 5.99. The lowest BCUT2D eigenvalue weighted by molar-refractivity contribution is 0.138. The van der Waals surface area contributed by atoms with E-state index in [1.54, 1.807) is 0 Å². The Morgan fingerprint density at radius 2 is 2.30 bits per heavy atom. The first kappa shape index (κ1) is 13.8. The van der Waals surface area contributed by atoms with E-state index in [1.165, 1.54) is 19.4 Å². The van der Waals surface area contributed by atoms with Gasteiger partial charge in [-0.3, -0.25) is 0 Å². The fourth-order valence-corrected chi connectivity index (χ4v) is 3.13. The Hall–Kier alpha value is -1.13. The molecule has 5 heteroatoms. The molecule has 1 unspecified atom stereocenters. The Kier molecular flexibility index (Phi) is 3.94. The highest BCUT2D eigenvalue weighted by molar-refractivity contribution is 6.30. The molecule has 3 rings (SSSR count). The second-order valence-electron chi connectivity index (χ2n) is 5.98. The third kappa shape index (κ3) is 2.96. The van der Waals surface area contributed by atoms with E-state index in [2.05, 4.69) is 28.8 Å². The van der Waals surface area contributed by atoms with Crippen LogP contribution in [-0.2, 0) is 6.42 Å². The highest BCUT2D eigenvalue weighted by Crippen LogP contribution is 2.21. The molecule has 0 aromatic carbocycles. The van der Waals surface area contributed by atoms with Gasteiger partial charge in [-0.1, -0.05) is 11.6 Å². The molecule has 1 atom stereocenters. The molecule has 3 heterocycles. The third-order valence-corrected chi connectivity index (χ3v) is 4.33. The Labute approximate surface area is 124 Å². The molecule has 1 fully saturated rings. The zero-order valence-electron chi connectivity index (χ0n) is 12.1. The number of pyridine rings is 1. The van der Waals surface area contributed by atoms with Crippen molar-refractivity contribution in [2.45, 2.75) is 39.2 Å². The number of fused-ring (bicyclic) bond motifs is 1. The molecule has 2 aromatic heterocycles. The molecule has 4 nitrogen and oxygen atoms in total. The van der Waals surface area contributed by atoms with Gasteiger partial charge in [0, 0.05) is 36.3 Å². The van der Waals surface area contributed by atoms with Crippen LogP contribution in [0.5, 0.6) is 0 Å². The summed E-state index contributed by atoms with van der Waals surface area (Å²) in [6.07, 6.45) is 5.39. The van der Waals surface area contributed by atoms with Crippen LogP contribution in [0.25, 0.3) is 5.65 Å². The summed E-state index contributed by atoms with van der Waals surface area (Å²) in [5.41, 5.74) is 0.837. The molecule has 0 bridgehead atoms. The van der Waals surface area contributed by atoms with Crippen LogP contribution in [0, 0.1) is 5.92 Å². The molecular weight excluding hydrogens is 272 g/mol. The highest BCUT2D eigenvalue weighted by atomic mass is 35.5. The second kappa shape index (κ2) is 5.70. The van der Waals surface area contributed by atoms with Crippen molar-refractivity contribution < 1.29 is 0 Å². The van der Waals surface area contributed by atoms with Gasteiger partial charge in [0.1, 0.15) is 0 Å². The summed E-state index contributed by atoms with van der Waals surface area (Å²) < 4.78 is 1.81. The van der Waals surface area contributed by atoms with Gasteiger partial charge in [-0.2, -0.15) is 5.10 Å². The molecule has 0 amide bonds. The van der Waals surface area contributed by atoms with Crippen molar-refractivity contribution in [1.29, 1.82) is 0 Å². The number of piperidine rings is 1. The summed E-state index contributed by atoms with van der Waals surface area (Å²) in [5.74, 6) is 1.60. The van der Waals surface area contributed by atoms with Crippen LogP contribution in [-0.4, -0.2) is 38.6 Å². The van der Waals surface area contributed by atoms with Crippen molar-refractivity contribution >= 4 is 17.2 Å². The molecule has 20 heavy (non-hydrogen) atoms. The number of nitrogens with zero attached hydrogens (tertiary/aromatic N) is 4. The van der Waals surface area contributed by atoms with Crippen molar-refractivity contribution in [2.24, 2.45) is 5.92 Å². The van der Waals surface area contributed by atoms with E-state index >= 15 is 0 Å². The first-order valence-electron chi connectivity index (χ1n) is 7.36. The summed E-state index contributed by atoms with van der Waals surface area (Å²) >= 11 is 5.99. The largest absolute Gasteiger partial charge is 0.301 e. The van der Waals surface area contributed by atoms with Crippen LogP contribution in [0.4, 0.5) is 0 Å². The Bertz CT molecular complexity index is 593. The Morgan fingerprint density at radius 3 is 3.10 bits per heavy atom. The lowest BCUT2D eigenvalue weighted by atomic mass is 9.94. The van der Waals surface area contributed by atoms with Crippen LogP contribution in [0.15, 0.2) is 18.3 Å². The molecule has 0 spiro atoms. The smallest absolute Gasteiger partial charge is 0.157 e. The van der Waals surface area contributed by atoms with Crippen LogP contribution < -0.4 is 0 Å². The quantitative estimate of drug-likeness (QED) is 0.872. The zero-order valence-corrected chi connectivity index (χ0v) is 12.8. The van der Waals surface area contributed by atoms with Gasteiger partial charge in [0.05, 0.1) is 0 Å². The lowest BCUT2D eigenvalue weighted by Gasteiger charge is -2.35. The van der Waals surface area contributed by atoms with E-state index in [-0.39, 0.29) is 0 Å². The predicted molar refractivity (Wildman–Crippen MR) is 81.1 cm³/mol. The van der Waals surface area contributed by atoms with Crippen LogP contribution in [0.2, 0.25) is 5.02 Å². The minimum Gasteiger partial charge on any atom is -0.301 e. The van der Waals surface area contributed by atoms with E-state index < -0.39 is 0 Å². The summed E-state index contributed by atoms with van der Waals surface area (Å²) in [6.45, 7) is 6.93. The number of hydrogen-bond donors (Lipinski definition) is 0.